The van der Waals surface area contributed by atoms with Crippen molar-refractivity contribution in [1.82, 2.24) is 10.9 Å². The zero-order chi connectivity index (χ0) is 17.7. The van der Waals surface area contributed by atoms with Gasteiger partial charge in [0.05, 0.1) is 0 Å². The summed E-state index contributed by atoms with van der Waals surface area (Å²) in [6.45, 7) is 7.57. The molecule has 0 unspecified atom stereocenters. The number of aryl methyl sites for hydroxylation is 4. The van der Waals surface area contributed by atoms with E-state index in [1.807, 2.05) is 52.0 Å². The highest BCUT2D eigenvalue weighted by Crippen LogP contribution is 2.18. The molecule has 2 aromatic rings. The van der Waals surface area contributed by atoms with Crippen molar-refractivity contribution in [2.75, 3.05) is 6.61 Å². The molecule has 0 aliphatic rings. The first-order chi connectivity index (χ1) is 11.3. The van der Waals surface area contributed by atoms with Crippen LogP contribution in [-0.4, -0.2) is 18.4 Å². The minimum absolute atomic E-state index is 0.170. The summed E-state index contributed by atoms with van der Waals surface area (Å²) in [5.74, 6) is -0.134. The predicted molar refractivity (Wildman–Crippen MR) is 92.9 cm³/mol. The Bertz CT molecular complexity index is 749. The highest BCUT2D eigenvalue weighted by molar-refractivity contribution is 5.95. The molecule has 0 heterocycles. The van der Waals surface area contributed by atoms with Gasteiger partial charge in [-0.05, 0) is 51.5 Å². The zero-order valence-electron chi connectivity index (χ0n) is 14.4. The molecule has 0 saturated carbocycles. The number of hydrazine groups is 1. The molecule has 0 atom stereocenters. The second kappa shape index (κ2) is 7.64. The van der Waals surface area contributed by atoms with Crippen LogP contribution < -0.4 is 15.6 Å². The number of ether oxygens (including phenoxy) is 1. The van der Waals surface area contributed by atoms with Gasteiger partial charge in [-0.1, -0.05) is 34.9 Å². The largest absolute Gasteiger partial charge is 0.483 e. The number of carbonyl (C=O) groups excluding carboxylic acids is 2. The van der Waals surface area contributed by atoms with Gasteiger partial charge in [-0.3, -0.25) is 20.4 Å². The monoisotopic (exact) mass is 326 g/mol. The molecule has 0 saturated heterocycles. The summed E-state index contributed by atoms with van der Waals surface area (Å²) in [6.07, 6.45) is 0. The Labute approximate surface area is 142 Å². The highest BCUT2D eigenvalue weighted by Gasteiger charge is 2.09. The van der Waals surface area contributed by atoms with Crippen LogP contribution in [0.5, 0.6) is 5.75 Å². The van der Waals surface area contributed by atoms with E-state index in [1.54, 1.807) is 12.1 Å². The average Bonchev–Trinajstić information content (AvgIpc) is 2.50. The van der Waals surface area contributed by atoms with E-state index in [2.05, 4.69) is 10.9 Å². The number of hydrogen-bond acceptors (Lipinski definition) is 3. The van der Waals surface area contributed by atoms with Gasteiger partial charge >= 0.3 is 0 Å². The Morgan fingerprint density at radius 3 is 2.17 bits per heavy atom. The van der Waals surface area contributed by atoms with Crippen LogP contribution in [0.1, 0.15) is 32.6 Å². The van der Waals surface area contributed by atoms with Gasteiger partial charge in [-0.15, -0.1) is 0 Å². The first-order valence-electron chi connectivity index (χ1n) is 7.72. The second-order valence-corrected chi connectivity index (χ2v) is 5.94. The van der Waals surface area contributed by atoms with Crippen LogP contribution in [0.4, 0.5) is 0 Å². The van der Waals surface area contributed by atoms with Gasteiger partial charge in [0.25, 0.3) is 11.8 Å². The van der Waals surface area contributed by atoms with Crippen LogP contribution in [0.2, 0.25) is 0 Å². The molecule has 0 spiro atoms. The second-order valence-electron chi connectivity index (χ2n) is 5.94. The quantitative estimate of drug-likeness (QED) is 0.849. The van der Waals surface area contributed by atoms with Crippen molar-refractivity contribution in [1.29, 1.82) is 0 Å². The number of hydrogen-bond donors (Lipinski definition) is 2. The SMILES string of the molecule is Cc1cc(C)cc(C(=O)NNC(=O)COc2ccc(C)cc2C)c1. The highest BCUT2D eigenvalue weighted by atomic mass is 16.5. The van der Waals surface area contributed by atoms with E-state index in [0.717, 1.165) is 22.3 Å². The third kappa shape index (κ3) is 4.84. The summed E-state index contributed by atoms with van der Waals surface area (Å²) in [6, 6.07) is 11.2. The molecule has 0 aromatic heterocycles. The van der Waals surface area contributed by atoms with Crippen molar-refractivity contribution in [2.45, 2.75) is 27.7 Å². The molecule has 0 radical (unpaired) electrons. The molecule has 2 aromatic carbocycles. The lowest BCUT2D eigenvalue weighted by Crippen LogP contribution is -2.43. The normalized spacial score (nSPS) is 10.2. The van der Waals surface area contributed by atoms with Crippen molar-refractivity contribution >= 4 is 11.8 Å². The molecule has 0 fully saturated rings. The third-order valence-electron chi connectivity index (χ3n) is 3.49. The Morgan fingerprint density at radius 2 is 1.54 bits per heavy atom. The van der Waals surface area contributed by atoms with Gasteiger partial charge in [0.2, 0.25) is 0 Å². The maximum Gasteiger partial charge on any atom is 0.276 e. The Kier molecular flexibility index (Phi) is 5.58. The van der Waals surface area contributed by atoms with Crippen LogP contribution in [0, 0.1) is 27.7 Å². The lowest BCUT2D eigenvalue weighted by atomic mass is 10.1. The molecule has 0 aliphatic heterocycles. The van der Waals surface area contributed by atoms with Crippen LogP contribution in [-0.2, 0) is 4.79 Å². The summed E-state index contributed by atoms with van der Waals surface area (Å²) in [7, 11) is 0. The minimum Gasteiger partial charge on any atom is -0.483 e. The molecule has 2 rings (SSSR count). The van der Waals surface area contributed by atoms with Crippen molar-refractivity contribution in [3.8, 4) is 5.75 Å². The molecule has 2 amide bonds. The van der Waals surface area contributed by atoms with E-state index < -0.39 is 5.91 Å². The Morgan fingerprint density at radius 1 is 0.875 bits per heavy atom. The average molecular weight is 326 g/mol. The maximum absolute atomic E-state index is 12.1. The zero-order valence-corrected chi connectivity index (χ0v) is 14.4. The van der Waals surface area contributed by atoms with E-state index in [1.165, 1.54) is 0 Å². The number of amides is 2. The van der Waals surface area contributed by atoms with Crippen molar-refractivity contribution in [3.05, 3.63) is 64.2 Å². The Hall–Kier alpha value is -2.82. The van der Waals surface area contributed by atoms with E-state index in [0.29, 0.717) is 11.3 Å². The number of benzene rings is 2. The van der Waals surface area contributed by atoms with E-state index in [-0.39, 0.29) is 12.5 Å². The van der Waals surface area contributed by atoms with Crippen molar-refractivity contribution < 1.29 is 14.3 Å². The maximum atomic E-state index is 12.1. The van der Waals surface area contributed by atoms with Gasteiger partial charge in [0.15, 0.2) is 6.61 Å². The van der Waals surface area contributed by atoms with Crippen LogP contribution >= 0.6 is 0 Å². The van der Waals surface area contributed by atoms with Gasteiger partial charge in [0.1, 0.15) is 5.75 Å². The molecule has 2 N–H and O–H groups in total. The van der Waals surface area contributed by atoms with Gasteiger partial charge in [-0.25, -0.2) is 0 Å². The lowest BCUT2D eigenvalue weighted by molar-refractivity contribution is -0.123. The van der Waals surface area contributed by atoms with E-state index >= 15 is 0 Å². The van der Waals surface area contributed by atoms with E-state index in [9.17, 15) is 9.59 Å². The first-order valence-corrected chi connectivity index (χ1v) is 7.72. The van der Waals surface area contributed by atoms with Crippen LogP contribution in [0.3, 0.4) is 0 Å². The topological polar surface area (TPSA) is 67.4 Å². The molecule has 126 valence electrons. The van der Waals surface area contributed by atoms with Gasteiger partial charge < -0.3 is 4.74 Å². The summed E-state index contributed by atoms with van der Waals surface area (Å²) < 4.78 is 5.47. The molecule has 5 nitrogen and oxygen atoms in total. The van der Waals surface area contributed by atoms with Gasteiger partial charge in [0, 0.05) is 5.56 Å². The molecule has 0 aliphatic carbocycles. The fourth-order valence-corrected chi connectivity index (χ4v) is 2.45. The number of rotatable bonds is 4. The third-order valence-corrected chi connectivity index (χ3v) is 3.49. The van der Waals surface area contributed by atoms with Crippen molar-refractivity contribution in [2.24, 2.45) is 0 Å². The number of carbonyl (C=O) groups is 2. The van der Waals surface area contributed by atoms with Crippen molar-refractivity contribution in [3.63, 3.8) is 0 Å². The summed E-state index contributed by atoms with van der Waals surface area (Å²) in [5, 5.41) is 0. The van der Waals surface area contributed by atoms with Crippen LogP contribution in [0.25, 0.3) is 0 Å². The first kappa shape index (κ1) is 17.5. The Balaban J connectivity index is 1.85. The van der Waals surface area contributed by atoms with E-state index in [4.69, 9.17) is 4.74 Å². The van der Waals surface area contributed by atoms with Crippen LogP contribution in [0.15, 0.2) is 36.4 Å². The molecular weight excluding hydrogens is 304 g/mol. The molecular formula is C19H22N2O3. The smallest absolute Gasteiger partial charge is 0.276 e. The van der Waals surface area contributed by atoms with Gasteiger partial charge in [-0.2, -0.15) is 0 Å². The fourth-order valence-electron chi connectivity index (χ4n) is 2.45. The number of nitrogens with one attached hydrogen (secondary N) is 2. The lowest BCUT2D eigenvalue weighted by Gasteiger charge is -2.11. The standard InChI is InChI=1S/C19H22N2O3/c1-12-5-6-17(15(4)8-12)24-11-18(22)20-21-19(23)16-9-13(2)7-14(3)10-16/h5-10H,11H2,1-4H3,(H,20,22)(H,21,23). The summed E-state index contributed by atoms with van der Waals surface area (Å²) in [4.78, 5) is 23.9. The summed E-state index contributed by atoms with van der Waals surface area (Å²) >= 11 is 0. The molecule has 0 bridgehead atoms. The predicted octanol–water partition coefficient (Wildman–Crippen LogP) is 2.76. The minimum atomic E-state index is -0.423. The summed E-state index contributed by atoms with van der Waals surface area (Å²) in [5.41, 5.74) is 9.33. The fraction of sp³-hybridized carbons (Fsp3) is 0.263. The molecule has 5 heteroatoms. The molecule has 24 heavy (non-hydrogen) atoms.